The van der Waals surface area contributed by atoms with E-state index in [0.29, 0.717) is 6.42 Å². The molecule has 3 heteroatoms. The molecule has 0 saturated carbocycles. The molecular formula is C11H12INO. The topological polar surface area (TPSA) is 29.1 Å². The number of hydrogen-bond donors (Lipinski definition) is 1. The average Bonchev–Trinajstić information content (AvgIpc) is 2.18. The Bertz CT molecular complexity index is 319. The summed E-state index contributed by atoms with van der Waals surface area (Å²) < 4.78 is 1.16. The van der Waals surface area contributed by atoms with Crippen molar-refractivity contribution in [1.29, 1.82) is 0 Å². The van der Waals surface area contributed by atoms with Crippen LogP contribution in [0.15, 0.2) is 36.9 Å². The first-order valence-corrected chi connectivity index (χ1v) is 5.46. The molecule has 0 spiro atoms. The zero-order valence-electron chi connectivity index (χ0n) is 7.79. The fourth-order valence-electron chi connectivity index (χ4n) is 0.990. The van der Waals surface area contributed by atoms with Gasteiger partial charge in [0.1, 0.15) is 0 Å². The Hall–Kier alpha value is -0.840. The third-order valence-electron chi connectivity index (χ3n) is 1.70. The Morgan fingerprint density at radius 3 is 2.64 bits per heavy atom. The van der Waals surface area contributed by atoms with E-state index < -0.39 is 0 Å². The summed E-state index contributed by atoms with van der Waals surface area (Å²) in [7, 11) is 0. The molecule has 74 valence electrons. The fourth-order valence-corrected chi connectivity index (χ4v) is 1.35. The summed E-state index contributed by atoms with van der Waals surface area (Å²) in [6, 6.07) is 7.72. The largest absolute Gasteiger partial charge is 0.326 e. The van der Waals surface area contributed by atoms with E-state index in [1.165, 1.54) is 0 Å². The molecule has 0 aliphatic rings. The van der Waals surface area contributed by atoms with Crippen LogP contribution in [0.1, 0.15) is 12.8 Å². The monoisotopic (exact) mass is 301 g/mol. The highest BCUT2D eigenvalue weighted by Gasteiger charge is 1.99. The van der Waals surface area contributed by atoms with Crippen molar-refractivity contribution >= 4 is 34.2 Å². The van der Waals surface area contributed by atoms with E-state index in [1.54, 1.807) is 6.08 Å². The van der Waals surface area contributed by atoms with Gasteiger partial charge in [-0.05, 0) is 53.3 Å². The molecule has 0 bridgehead atoms. The molecule has 2 nitrogen and oxygen atoms in total. The van der Waals surface area contributed by atoms with E-state index in [-0.39, 0.29) is 5.91 Å². The van der Waals surface area contributed by atoms with Crippen LogP contribution in [0, 0.1) is 3.57 Å². The lowest BCUT2D eigenvalue weighted by atomic mass is 10.2. The second-order valence-electron chi connectivity index (χ2n) is 2.88. The van der Waals surface area contributed by atoms with Crippen LogP contribution in [-0.2, 0) is 4.79 Å². The number of anilines is 1. The lowest BCUT2D eigenvalue weighted by Gasteiger charge is -2.03. The number of carbonyl (C=O) groups is 1. The lowest BCUT2D eigenvalue weighted by Crippen LogP contribution is -2.10. The first-order chi connectivity index (χ1) is 6.72. The molecule has 1 amide bonds. The van der Waals surface area contributed by atoms with Gasteiger partial charge >= 0.3 is 0 Å². The quantitative estimate of drug-likeness (QED) is 0.671. The highest BCUT2D eigenvalue weighted by molar-refractivity contribution is 14.1. The molecule has 1 rings (SSSR count). The normalized spacial score (nSPS) is 9.50. The van der Waals surface area contributed by atoms with E-state index >= 15 is 0 Å². The molecule has 1 aromatic carbocycles. The number of rotatable bonds is 4. The third kappa shape index (κ3) is 3.91. The summed E-state index contributed by atoms with van der Waals surface area (Å²) in [6.07, 6.45) is 2.96. The van der Waals surface area contributed by atoms with E-state index in [9.17, 15) is 4.79 Å². The minimum absolute atomic E-state index is 0.0334. The van der Waals surface area contributed by atoms with Crippen LogP contribution >= 0.6 is 22.6 Å². The molecule has 1 aromatic rings. The van der Waals surface area contributed by atoms with Crippen molar-refractivity contribution in [2.24, 2.45) is 0 Å². The fraction of sp³-hybridized carbons (Fsp3) is 0.182. The van der Waals surface area contributed by atoms with Crippen molar-refractivity contribution < 1.29 is 4.79 Å². The highest BCUT2D eigenvalue weighted by atomic mass is 127. The van der Waals surface area contributed by atoms with Gasteiger partial charge in [0.05, 0.1) is 0 Å². The van der Waals surface area contributed by atoms with Crippen LogP contribution in [0.4, 0.5) is 5.69 Å². The van der Waals surface area contributed by atoms with Gasteiger partial charge in [-0.3, -0.25) is 4.79 Å². The minimum atomic E-state index is 0.0334. The summed E-state index contributed by atoms with van der Waals surface area (Å²) >= 11 is 2.23. The van der Waals surface area contributed by atoms with Crippen LogP contribution in [0.3, 0.4) is 0 Å². The average molecular weight is 301 g/mol. The van der Waals surface area contributed by atoms with Gasteiger partial charge in [0.15, 0.2) is 0 Å². The Kier molecular flexibility index (Phi) is 4.65. The first-order valence-electron chi connectivity index (χ1n) is 4.38. The predicted octanol–water partition coefficient (Wildman–Crippen LogP) is 3.20. The maximum atomic E-state index is 11.3. The summed E-state index contributed by atoms with van der Waals surface area (Å²) in [6.45, 7) is 3.57. The van der Waals surface area contributed by atoms with Gasteiger partial charge in [-0.1, -0.05) is 6.08 Å². The number of nitrogens with one attached hydrogen (secondary N) is 1. The molecule has 0 unspecified atom stereocenters. The van der Waals surface area contributed by atoms with Crippen molar-refractivity contribution in [3.63, 3.8) is 0 Å². The SMILES string of the molecule is C=CCCC(=O)Nc1ccc(I)cc1. The molecule has 1 N–H and O–H groups in total. The second kappa shape index (κ2) is 5.80. The van der Waals surface area contributed by atoms with Gasteiger partial charge in [-0.2, -0.15) is 0 Å². The number of hydrogen-bond acceptors (Lipinski definition) is 1. The summed E-state index contributed by atoms with van der Waals surface area (Å²) in [5.74, 6) is 0.0334. The molecule has 0 fully saturated rings. The van der Waals surface area contributed by atoms with Crippen LogP contribution in [0.25, 0.3) is 0 Å². The zero-order valence-corrected chi connectivity index (χ0v) is 9.95. The van der Waals surface area contributed by atoms with Crippen LogP contribution < -0.4 is 5.32 Å². The predicted molar refractivity (Wildman–Crippen MR) is 67.2 cm³/mol. The van der Waals surface area contributed by atoms with E-state index in [4.69, 9.17) is 0 Å². The molecule has 0 heterocycles. The first kappa shape index (κ1) is 11.2. The second-order valence-corrected chi connectivity index (χ2v) is 4.13. The molecule has 0 aromatic heterocycles. The van der Waals surface area contributed by atoms with E-state index in [2.05, 4.69) is 34.5 Å². The molecule has 0 saturated heterocycles. The molecule has 0 radical (unpaired) electrons. The molecular weight excluding hydrogens is 289 g/mol. The smallest absolute Gasteiger partial charge is 0.224 e. The number of carbonyl (C=O) groups excluding carboxylic acids is 1. The summed E-state index contributed by atoms with van der Waals surface area (Å²) in [5, 5.41) is 2.81. The van der Waals surface area contributed by atoms with Crippen LogP contribution in [-0.4, -0.2) is 5.91 Å². The molecule has 0 atom stereocenters. The maximum absolute atomic E-state index is 11.3. The van der Waals surface area contributed by atoms with E-state index in [1.807, 2.05) is 24.3 Å². The van der Waals surface area contributed by atoms with Gasteiger partial charge in [-0.15, -0.1) is 6.58 Å². The van der Waals surface area contributed by atoms with Crippen molar-refractivity contribution in [1.82, 2.24) is 0 Å². The molecule has 0 aliphatic carbocycles. The van der Waals surface area contributed by atoms with Crippen molar-refractivity contribution in [2.45, 2.75) is 12.8 Å². The molecule has 14 heavy (non-hydrogen) atoms. The Balaban J connectivity index is 2.47. The number of benzene rings is 1. The van der Waals surface area contributed by atoms with Gasteiger partial charge in [0, 0.05) is 15.7 Å². The van der Waals surface area contributed by atoms with Crippen molar-refractivity contribution in [3.05, 3.63) is 40.5 Å². The summed E-state index contributed by atoms with van der Waals surface area (Å²) in [5.41, 5.74) is 0.847. The van der Waals surface area contributed by atoms with Crippen LogP contribution in [0.2, 0.25) is 0 Å². The van der Waals surface area contributed by atoms with Gasteiger partial charge < -0.3 is 5.32 Å². The number of halogens is 1. The number of amides is 1. The Morgan fingerprint density at radius 1 is 1.43 bits per heavy atom. The minimum Gasteiger partial charge on any atom is -0.326 e. The zero-order chi connectivity index (χ0) is 10.4. The maximum Gasteiger partial charge on any atom is 0.224 e. The Labute approximate surface area is 97.5 Å². The summed E-state index contributed by atoms with van der Waals surface area (Å²) in [4.78, 5) is 11.3. The van der Waals surface area contributed by atoms with E-state index in [0.717, 1.165) is 15.7 Å². The highest BCUT2D eigenvalue weighted by Crippen LogP contribution is 2.11. The Morgan fingerprint density at radius 2 is 2.07 bits per heavy atom. The molecule has 0 aliphatic heterocycles. The lowest BCUT2D eigenvalue weighted by molar-refractivity contribution is -0.116. The van der Waals surface area contributed by atoms with Crippen molar-refractivity contribution in [3.8, 4) is 0 Å². The number of allylic oxidation sites excluding steroid dienone is 1. The van der Waals surface area contributed by atoms with Crippen molar-refractivity contribution in [2.75, 3.05) is 5.32 Å². The third-order valence-corrected chi connectivity index (χ3v) is 2.42. The van der Waals surface area contributed by atoms with Gasteiger partial charge in [0.25, 0.3) is 0 Å². The van der Waals surface area contributed by atoms with Gasteiger partial charge in [0.2, 0.25) is 5.91 Å². The van der Waals surface area contributed by atoms with Crippen LogP contribution in [0.5, 0.6) is 0 Å². The van der Waals surface area contributed by atoms with Gasteiger partial charge in [-0.25, -0.2) is 0 Å². The standard InChI is InChI=1S/C11H12INO/c1-2-3-4-11(14)13-10-7-5-9(12)6-8-10/h2,5-8H,1,3-4H2,(H,13,14).